The number of nitrogens with zero attached hydrogens (tertiary/aromatic N) is 1. The van der Waals surface area contributed by atoms with E-state index in [0.717, 1.165) is 23.1 Å². The van der Waals surface area contributed by atoms with Crippen LogP contribution in [0.5, 0.6) is 11.5 Å². The van der Waals surface area contributed by atoms with E-state index in [0.29, 0.717) is 5.75 Å². The number of ether oxygens (including phenoxy) is 2. The molecule has 0 saturated heterocycles. The smallest absolute Gasteiger partial charge is 0.258 e. The molecule has 28 heavy (non-hydrogen) atoms. The van der Waals surface area contributed by atoms with Crippen molar-refractivity contribution < 1.29 is 22.7 Å². The van der Waals surface area contributed by atoms with Crippen LogP contribution in [0.25, 0.3) is 0 Å². The molecule has 0 heterocycles. The molecular formula is C20H26N2O5S. The van der Waals surface area contributed by atoms with E-state index < -0.39 is 10.0 Å². The number of rotatable bonds is 9. The molecule has 152 valence electrons. The maximum absolute atomic E-state index is 12.1. The Morgan fingerprint density at radius 2 is 1.64 bits per heavy atom. The number of methoxy groups -OCH3 is 1. The minimum Gasteiger partial charge on any atom is -0.497 e. The number of carbonyl (C=O) groups is 1. The normalized spacial score (nSPS) is 12.5. The van der Waals surface area contributed by atoms with E-state index in [9.17, 15) is 13.2 Å². The molecule has 7 nitrogen and oxygen atoms in total. The lowest BCUT2D eigenvalue weighted by Crippen LogP contribution is -2.31. The van der Waals surface area contributed by atoms with Crippen molar-refractivity contribution in [2.75, 3.05) is 27.0 Å². The molecule has 0 bridgehead atoms. The summed E-state index contributed by atoms with van der Waals surface area (Å²) in [6.45, 7) is 2.06. The Kier molecular flexibility index (Phi) is 7.42. The highest BCUT2D eigenvalue weighted by Crippen LogP contribution is 2.17. The van der Waals surface area contributed by atoms with Crippen molar-refractivity contribution in [3.63, 3.8) is 0 Å². The minimum atomic E-state index is -3.23. The zero-order chi connectivity index (χ0) is 20.7. The van der Waals surface area contributed by atoms with Crippen molar-refractivity contribution >= 4 is 15.9 Å². The van der Waals surface area contributed by atoms with Gasteiger partial charge in [0.2, 0.25) is 10.0 Å². The van der Waals surface area contributed by atoms with Gasteiger partial charge in [0, 0.05) is 13.6 Å². The van der Waals surface area contributed by atoms with Crippen molar-refractivity contribution in [3.8, 4) is 11.5 Å². The number of nitrogens with one attached hydrogen (secondary N) is 1. The first-order valence-corrected chi connectivity index (χ1v) is 10.6. The average molecular weight is 407 g/mol. The van der Waals surface area contributed by atoms with Gasteiger partial charge in [0.1, 0.15) is 11.5 Å². The largest absolute Gasteiger partial charge is 0.497 e. The van der Waals surface area contributed by atoms with E-state index in [2.05, 4.69) is 5.32 Å². The van der Waals surface area contributed by atoms with Gasteiger partial charge in [-0.2, -0.15) is 0 Å². The Morgan fingerprint density at radius 3 is 2.18 bits per heavy atom. The molecule has 0 aromatic heterocycles. The van der Waals surface area contributed by atoms with Gasteiger partial charge in [-0.3, -0.25) is 4.79 Å². The second kappa shape index (κ2) is 9.57. The van der Waals surface area contributed by atoms with Gasteiger partial charge in [0.25, 0.3) is 5.91 Å². The van der Waals surface area contributed by atoms with Crippen molar-refractivity contribution in [1.29, 1.82) is 0 Å². The molecule has 2 aromatic carbocycles. The first-order valence-electron chi connectivity index (χ1n) is 8.75. The van der Waals surface area contributed by atoms with Crippen LogP contribution in [0.4, 0.5) is 0 Å². The zero-order valence-corrected chi connectivity index (χ0v) is 17.3. The summed E-state index contributed by atoms with van der Waals surface area (Å²) in [5.74, 6) is 1.07. The molecule has 2 rings (SSSR count). The number of benzene rings is 2. The van der Waals surface area contributed by atoms with Crippen molar-refractivity contribution in [2.24, 2.45) is 0 Å². The van der Waals surface area contributed by atoms with E-state index >= 15 is 0 Å². The first kappa shape index (κ1) is 21.7. The summed E-state index contributed by atoms with van der Waals surface area (Å²) in [6, 6.07) is 14.3. The molecule has 8 heteroatoms. The second-order valence-electron chi connectivity index (χ2n) is 6.51. The van der Waals surface area contributed by atoms with Crippen LogP contribution >= 0.6 is 0 Å². The van der Waals surface area contributed by atoms with Crippen LogP contribution in [0.15, 0.2) is 48.5 Å². The number of sulfonamides is 1. The van der Waals surface area contributed by atoms with E-state index in [1.165, 1.54) is 11.4 Å². The maximum Gasteiger partial charge on any atom is 0.258 e. The summed E-state index contributed by atoms with van der Waals surface area (Å²) in [4.78, 5) is 12.1. The molecule has 0 aliphatic heterocycles. The quantitative estimate of drug-likeness (QED) is 0.691. The highest BCUT2D eigenvalue weighted by Gasteiger charge is 2.12. The zero-order valence-electron chi connectivity index (χ0n) is 16.5. The SMILES string of the molecule is COc1ccc(C(C)NC(=O)COc2ccc(CN(C)S(C)(=O)=O)cc2)cc1. The number of hydrogen-bond acceptors (Lipinski definition) is 5. The monoisotopic (exact) mass is 406 g/mol. The Hall–Kier alpha value is -2.58. The first-order chi connectivity index (χ1) is 13.2. The topological polar surface area (TPSA) is 84.9 Å². The maximum atomic E-state index is 12.1. The summed E-state index contributed by atoms with van der Waals surface area (Å²) in [6.07, 6.45) is 1.16. The van der Waals surface area contributed by atoms with E-state index in [1.807, 2.05) is 31.2 Å². The third-order valence-corrected chi connectivity index (χ3v) is 5.52. The molecule has 2 aromatic rings. The van der Waals surface area contributed by atoms with E-state index in [-0.39, 0.29) is 25.1 Å². The van der Waals surface area contributed by atoms with Crippen LogP contribution < -0.4 is 14.8 Å². The molecule has 1 atom stereocenters. The highest BCUT2D eigenvalue weighted by atomic mass is 32.2. The van der Waals surface area contributed by atoms with Crippen molar-refractivity contribution in [2.45, 2.75) is 19.5 Å². The minimum absolute atomic E-state index is 0.108. The standard InChI is InChI=1S/C20H26N2O5S/c1-15(17-7-11-18(26-3)12-8-17)21-20(23)14-27-19-9-5-16(6-10-19)13-22(2)28(4,24)25/h5-12,15H,13-14H2,1-4H3,(H,21,23). The predicted octanol–water partition coefficient (Wildman–Crippen LogP) is 2.34. The predicted molar refractivity (Wildman–Crippen MR) is 108 cm³/mol. The van der Waals surface area contributed by atoms with Gasteiger partial charge in [-0.25, -0.2) is 12.7 Å². The van der Waals surface area contributed by atoms with Gasteiger partial charge in [-0.15, -0.1) is 0 Å². The molecule has 0 saturated carbocycles. The summed E-state index contributed by atoms with van der Waals surface area (Å²) < 4.78 is 34.8. The van der Waals surface area contributed by atoms with Gasteiger partial charge < -0.3 is 14.8 Å². The van der Waals surface area contributed by atoms with Crippen molar-refractivity contribution in [3.05, 3.63) is 59.7 Å². The van der Waals surface area contributed by atoms with E-state index in [4.69, 9.17) is 9.47 Å². The fourth-order valence-electron chi connectivity index (χ4n) is 2.47. The van der Waals surface area contributed by atoms with Gasteiger partial charge in [0.05, 0.1) is 19.4 Å². The molecule has 0 fully saturated rings. The summed E-state index contributed by atoms with van der Waals surface area (Å²) in [5, 5.41) is 2.88. The molecule has 0 aliphatic rings. The van der Waals surface area contributed by atoms with Crippen molar-refractivity contribution in [1.82, 2.24) is 9.62 Å². The molecule has 1 N–H and O–H groups in total. The highest BCUT2D eigenvalue weighted by molar-refractivity contribution is 7.88. The Labute approximate surface area is 166 Å². The Morgan fingerprint density at radius 1 is 1.07 bits per heavy atom. The molecule has 1 amide bonds. The Balaban J connectivity index is 1.83. The fourth-order valence-corrected chi connectivity index (χ4v) is 2.86. The number of hydrogen-bond donors (Lipinski definition) is 1. The third kappa shape index (κ3) is 6.54. The summed E-state index contributed by atoms with van der Waals surface area (Å²) in [5.41, 5.74) is 1.80. The molecule has 0 spiro atoms. The molecule has 0 radical (unpaired) electrons. The Bertz CT molecular complexity index is 880. The average Bonchev–Trinajstić information content (AvgIpc) is 2.66. The second-order valence-corrected chi connectivity index (χ2v) is 8.60. The summed E-state index contributed by atoms with van der Waals surface area (Å²) in [7, 11) is -0.102. The lowest BCUT2D eigenvalue weighted by atomic mass is 10.1. The van der Waals surface area contributed by atoms with Crippen LogP contribution in [-0.2, 0) is 21.4 Å². The van der Waals surface area contributed by atoms with Gasteiger partial charge in [-0.1, -0.05) is 24.3 Å². The molecule has 1 unspecified atom stereocenters. The van der Waals surface area contributed by atoms with Gasteiger partial charge in [0.15, 0.2) is 6.61 Å². The van der Waals surface area contributed by atoms with Gasteiger partial charge >= 0.3 is 0 Å². The number of amides is 1. The fraction of sp³-hybridized carbons (Fsp3) is 0.350. The van der Waals surface area contributed by atoms with Crippen LogP contribution in [0.3, 0.4) is 0 Å². The van der Waals surface area contributed by atoms with Crippen LogP contribution in [0, 0.1) is 0 Å². The molecular weight excluding hydrogens is 380 g/mol. The lowest BCUT2D eigenvalue weighted by molar-refractivity contribution is -0.123. The summed E-state index contributed by atoms with van der Waals surface area (Å²) >= 11 is 0. The lowest BCUT2D eigenvalue weighted by Gasteiger charge is -2.16. The van der Waals surface area contributed by atoms with E-state index in [1.54, 1.807) is 31.4 Å². The van der Waals surface area contributed by atoms with Crippen LogP contribution in [0.2, 0.25) is 0 Å². The van der Waals surface area contributed by atoms with Gasteiger partial charge in [-0.05, 0) is 42.3 Å². The van der Waals surface area contributed by atoms with Crippen LogP contribution in [-0.4, -0.2) is 45.7 Å². The number of carbonyl (C=O) groups excluding carboxylic acids is 1. The molecule has 0 aliphatic carbocycles. The third-order valence-electron chi connectivity index (χ3n) is 4.26. The van der Waals surface area contributed by atoms with Crippen LogP contribution in [0.1, 0.15) is 24.1 Å².